The third kappa shape index (κ3) is 3.02. The zero-order valence-electron chi connectivity index (χ0n) is 11.6. The van der Waals surface area contributed by atoms with Gasteiger partial charge in [-0.25, -0.2) is 4.98 Å². The summed E-state index contributed by atoms with van der Waals surface area (Å²) in [6.07, 6.45) is 3.88. The third-order valence-electron chi connectivity index (χ3n) is 4.06. The van der Waals surface area contributed by atoms with Crippen LogP contribution in [0.15, 0.2) is 18.3 Å². The molecule has 1 atom stereocenters. The van der Waals surface area contributed by atoms with Crippen molar-refractivity contribution in [2.75, 3.05) is 18.0 Å². The standard InChI is InChI=1S/C15H24N2O/c1-11(2)13-6-8-17(9-7-13)15-5-4-14(10-16-15)12(3)18/h4-5,10-13,18H,6-9H2,1-3H3/t12-/m1/s1. The highest BCUT2D eigenvalue weighted by molar-refractivity contribution is 5.40. The van der Waals surface area contributed by atoms with E-state index in [-0.39, 0.29) is 0 Å². The minimum atomic E-state index is -0.432. The first-order chi connectivity index (χ1) is 8.58. The van der Waals surface area contributed by atoms with Gasteiger partial charge in [0.1, 0.15) is 5.82 Å². The molecule has 1 aromatic heterocycles. The summed E-state index contributed by atoms with van der Waals surface area (Å²) in [5, 5.41) is 9.47. The quantitative estimate of drug-likeness (QED) is 0.893. The van der Waals surface area contributed by atoms with Crippen LogP contribution in [-0.4, -0.2) is 23.2 Å². The summed E-state index contributed by atoms with van der Waals surface area (Å²) in [7, 11) is 0. The van der Waals surface area contributed by atoms with Crippen molar-refractivity contribution in [1.82, 2.24) is 4.98 Å². The Morgan fingerprint density at radius 3 is 2.33 bits per heavy atom. The molecule has 2 rings (SSSR count). The van der Waals surface area contributed by atoms with Gasteiger partial charge in [-0.2, -0.15) is 0 Å². The number of piperidine rings is 1. The van der Waals surface area contributed by atoms with Gasteiger partial charge in [-0.15, -0.1) is 0 Å². The normalized spacial score (nSPS) is 19.3. The van der Waals surface area contributed by atoms with Crippen molar-refractivity contribution in [2.45, 2.75) is 39.7 Å². The summed E-state index contributed by atoms with van der Waals surface area (Å²) in [5.74, 6) is 2.69. The molecule has 1 aromatic rings. The van der Waals surface area contributed by atoms with Gasteiger partial charge in [0.15, 0.2) is 0 Å². The van der Waals surface area contributed by atoms with Crippen molar-refractivity contribution in [2.24, 2.45) is 11.8 Å². The molecule has 0 radical (unpaired) electrons. The third-order valence-corrected chi connectivity index (χ3v) is 4.06. The Labute approximate surface area is 110 Å². The molecule has 0 spiro atoms. The van der Waals surface area contributed by atoms with E-state index in [1.807, 2.05) is 12.1 Å². The van der Waals surface area contributed by atoms with Gasteiger partial charge in [-0.3, -0.25) is 0 Å². The van der Waals surface area contributed by atoms with Crippen LogP contribution >= 0.6 is 0 Å². The molecule has 1 aliphatic rings. The maximum atomic E-state index is 9.47. The molecule has 1 fully saturated rings. The number of rotatable bonds is 3. The molecule has 0 aromatic carbocycles. The lowest BCUT2D eigenvalue weighted by Gasteiger charge is -2.34. The van der Waals surface area contributed by atoms with Crippen LogP contribution in [0.3, 0.4) is 0 Å². The van der Waals surface area contributed by atoms with Crippen LogP contribution in [0.1, 0.15) is 45.3 Å². The highest BCUT2D eigenvalue weighted by Crippen LogP contribution is 2.27. The molecule has 1 aliphatic heterocycles. The van der Waals surface area contributed by atoms with E-state index in [1.54, 1.807) is 13.1 Å². The molecule has 2 heterocycles. The van der Waals surface area contributed by atoms with E-state index in [1.165, 1.54) is 12.8 Å². The summed E-state index contributed by atoms with van der Waals surface area (Å²) in [6, 6.07) is 4.00. The summed E-state index contributed by atoms with van der Waals surface area (Å²) in [5.41, 5.74) is 0.885. The summed E-state index contributed by atoms with van der Waals surface area (Å²) < 4.78 is 0. The van der Waals surface area contributed by atoms with Crippen molar-refractivity contribution in [3.8, 4) is 0 Å². The second-order valence-electron chi connectivity index (χ2n) is 5.69. The molecule has 0 saturated carbocycles. The molecule has 3 nitrogen and oxygen atoms in total. The molecular formula is C15H24N2O. The Morgan fingerprint density at radius 1 is 1.22 bits per heavy atom. The number of aliphatic hydroxyl groups is 1. The van der Waals surface area contributed by atoms with Crippen LogP contribution in [0, 0.1) is 11.8 Å². The Morgan fingerprint density at radius 2 is 1.89 bits per heavy atom. The van der Waals surface area contributed by atoms with E-state index in [2.05, 4.69) is 23.7 Å². The highest BCUT2D eigenvalue weighted by Gasteiger charge is 2.22. The zero-order chi connectivity index (χ0) is 13.1. The lowest BCUT2D eigenvalue weighted by atomic mass is 9.87. The summed E-state index contributed by atoms with van der Waals surface area (Å²) >= 11 is 0. The molecular weight excluding hydrogens is 224 g/mol. The van der Waals surface area contributed by atoms with Crippen LogP contribution in [0.4, 0.5) is 5.82 Å². The fourth-order valence-corrected chi connectivity index (χ4v) is 2.63. The molecule has 0 amide bonds. The topological polar surface area (TPSA) is 36.4 Å². The summed E-state index contributed by atoms with van der Waals surface area (Å²) in [4.78, 5) is 6.81. The first kappa shape index (κ1) is 13.3. The fourth-order valence-electron chi connectivity index (χ4n) is 2.63. The lowest BCUT2D eigenvalue weighted by molar-refractivity contribution is 0.199. The number of hydrogen-bond donors (Lipinski definition) is 1. The second kappa shape index (κ2) is 5.70. The first-order valence-electron chi connectivity index (χ1n) is 6.97. The molecule has 0 unspecified atom stereocenters. The van der Waals surface area contributed by atoms with Gasteiger partial charge in [0.05, 0.1) is 6.10 Å². The van der Waals surface area contributed by atoms with E-state index in [4.69, 9.17) is 0 Å². The number of nitrogens with zero attached hydrogens (tertiary/aromatic N) is 2. The summed E-state index contributed by atoms with van der Waals surface area (Å²) in [6.45, 7) is 8.60. The Hall–Kier alpha value is -1.09. The van der Waals surface area contributed by atoms with Gasteiger partial charge in [0.25, 0.3) is 0 Å². The maximum Gasteiger partial charge on any atom is 0.128 e. The van der Waals surface area contributed by atoms with Gasteiger partial charge in [0.2, 0.25) is 0 Å². The number of pyridine rings is 1. The Balaban J connectivity index is 1.97. The van der Waals surface area contributed by atoms with Crippen LogP contribution in [0.25, 0.3) is 0 Å². The minimum absolute atomic E-state index is 0.432. The Bertz CT molecular complexity index is 365. The van der Waals surface area contributed by atoms with Gasteiger partial charge < -0.3 is 10.0 Å². The number of aliphatic hydroxyl groups excluding tert-OH is 1. The molecule has 1 saturated heterocycles. The van der Waals surface area contributed by atoms with E-state index >= 15 is 0 Å². The van der Waals surface area contributed by atoms with E-state index in [0.717, 1.165) is 36.3 Å². The minimum Gasteiger partial charge on any atom is -0.389 e. The van der Waals surface area contributed by atoms with E-state index < -0.39 is 6.10 Å². The van der Waals surface area contributed by atoms with E-state index in [0.29, 0.717) is 0 Å². The van der Waals surface area contributed by atoms with Crippen LogP contribution in [0.2, 0.25) is 0 Å². The second-order valence-corrected chi connectivity index (χ2v) is 5.69. The largest absolute Gasteiger partial charge is 0.389 e. The first-order valence-corrected chi connectivity index (χ1v) is 6.97. The van der Waals surface area contributed by atoms with Crippen molar-refractivity contribution < 1.29 is 5.11 Å². The van der Waals surface area contributed by atoms with Crippen molar-refractivity contribution in [3.63, 3.8) is 0 Å². The fraction of sp³-hybridized carbons (Fsp3) is 0.667. The van der Waals surface area contributed by atoms with Crippen molar-refractivity contribution in [1.29, 1.82) is 0 Å². The molecule has 1 N–H and O–H groups in total. The maximum absolute atomic E-state index is 9.47. The molecule has 0 aliphatic carbocycles. The van der Waals surface area contributed by atoms with Crippen LogP contribution < -0.4 is 4.90 Å². The highest BCUT2D eigenvalue weighted by atomic mass is 16.3. The SMILES string of the molecule is CC(C)C1CCN(c2ccc([C@@H](C)O)cn2)CC1. The van der Waals surface area contributed by atoms with Crippen molar-refractivity contribution >= 4 is 5.82 Å². The zero-order valence-corrected chi connectivity index (χ0v) is 11.6. The molecule has 0 bridgehead atoms. The average Bonchev–Trinajstić information content (AvgIpc) is 2.39. The monoisotopic (exact) mass is 248 g/mol. The number of hydrogen-bond acceptors (Lipinski definition) is 3. The van der Waals surface area contributed by atoms with Gasteiger partial charge in [-0.05, 0) is 43.2 Å². The van der Waals surface area contributed by atoms with Crippen molar-refractivity contribution in [3.05, 3.63) is 23.9 Å². The number of anilines is 1. The smallest absolute Gasteiger partial charge is 0.128 e. The van der Waals surface area contributed by atoms with Crippen LogP contribution in [-0.2, 0) is 0 Å². The number of aromatic nitrogens is 1. The average molecular weight is 248 g/mol. The van der Waals surface area contributed by atoms with E-state index in [9.17, 15) is 5.11 Å². The predicted octanol–water partition coefficient (Wildman–Crippen LogP) is 3.01. The van der Waals surface area contributed by atoms with Gasteiger partial charge in [-0.1, -0.05) is 19.9 Å². The Kier molecular flexibility index (Phi) is 4.23. The van der Waals surface area contributed by atoms with Gasteiger partial charge in [0, 0.05) is 19.3 Å². The molecule has 18 heavy (non-hydrogen) atoms. The predicted molar refractivity (Wildman–Crippen MR) is 74.6 cm³/mol. The van der Waals surface area contributed by atoms with Crippen LogP contribution in [0.5, 0.6) is 0 Å². The lowest BCUT2D eigenvalue weighted by Crippen LogP contribution is -2.35. The molecule has 3 heteroatoms. The molecule has 100 valence electrons. The van der Waals surface area contributed by atoms with Gasteiger partial charge >= 0.3 is 0 Å².